The zero-order valence-corrected chi connectivity index (χ0v) is 10.3. The van der Waals surface area contributed by atoms with Crippen LogP contribution in [-0.2, 0) is 6.54 Å². The molecule has 0 saturated carbocycles. The fourth-order valence-electron chi connectivity index (χ4n) is 1.73. The fourth-order valence-corrected chi connectivity index (χ4v) is 2.00. The Bertz CT molecular complexity index is 706. The van der Waals surface area contributed by atoms with Gasteiger partial charge < -0.3 is 0 Å². The van der Waals surface area contributed by atoms with Crippen LogP contribution in [0, 0.1) is 5.82 Å². The molecule has 0 aliphatic carbocycles. The standard InChI is InChI=1S/C12H10ClFN2O2/c1-2-16-11(17)9(10(13)15-12(16)18)7-4-3-5-8(14)6-7/h3-6H,2H2,1H3,(H,15,18). The predicted molar refractivity (Wildman–Crippen MR) is 67.4 cm³/mol. The van der Waals surface area contributed by atoms with E-state index in [1.165, 1.54) is 18.2 Å². The predicted octanol–water partition coefficient (Wildman–Crippen LogP) is 2.02. The SMILES string of the molecule is CCn1c(=O)[nH]c(Cl)c(-c2cccc(F)c2)c1=O. The summed E-state index contributed by atoms with van der Waals surface area (Å²) in [7, 11) is 0. The smallest absolute Gasteiger partial charge is 0.297 e. The van der Waals surface area contributed by atoms with Crippen LogP contribution in [0.5, 0.6) is 0 Å². The van der Waals surface area contributed by atoms with Crippen LogP contribution in [-0.4, -0.2) is 9.55 Å². The number of aromatic amines is 1. The van der Waals surface area contributed by atoms with Gasteiger partial charge in [-0.15, -0.1) is 0 Å². The molecule has 4 nitrogen and oxygen atoms in total. The summed E-state index contributed by atoms with van der Waals surface area (Å²) in [6, 6.07) is 5.49. The van der Waals surface area contributed by atoms with Gasteiger partial charge in [0.05, 0.1) is 5.56 Å². The van der Waals surface area contributed by atoms with Gasteiger partial charge >= 0.3 is 5.69 Å². The van der Waals surface area contributed by atoms with E-state index in [9.17, 15) is 14.0 Å². The molecule has 2 rings (SSSR count). The molecule has 2 aromatic rings. The van der Waals surface area contributed by atoms with Gasteiger partial charge in [-0.05, 0) is 24.6 Å². The van der Waals surface area contributed by atoms with Crippen molar-refractivity contribution in [2.24, 2.45) is 0 Å². The molecule has 1 heterocycles. The molecule has 0 atom stereocenters. The van der Waals surface area contributed by atoms with Crippen LogP contribution in [0.25, 0.3) is 11.1 Å². The van der Waals surface area contributed by atoms with Gasteiger partial charge in [-0.2, -0.15) is 0 Å². The molecule has 0 saturated heterocycles. The molecular weight excluding hydrogens is 259 g/mol. The number of benzene rings is 1. The average Bonchev–Trinajstić information content (AvgIpc) is 2.28. The second kappa shape index (κ2) is 4.78. The van der Waals surface area contributed by atoms with E-state index in [4.69, 9.17) is 11.6 Å². The molecule has 0 radical (unpaired) electrons. The maximum Gasteiger partial charge on any atom is 0.329 e. The Kier molecular flexibility index (Phi) is 3.34. The van der Waals surface area contributed by atoms with Crippen molar-refractivity contribution in [3.05, 3.63) is 56.1 Å². The number of hydrogen-bond acceptors (Lipinski definition) is 2. The summed E-state index contributed by atoms with van der Waals surface area (Å²) in [5.74, 6) is -0.475. The van der Waals surface area contributed by atoms with E-state index in [-0.39, 0.29) is 17.3 Å². The minimum atomic E-state index is -0.576. The molecule has 0 aliphatic rings. The Morgan fingerprint density at radius 2 is 2.11 bits per heavy atom. The van der Waals surface area contributed by atoms with Crippen LogP contribution in [0.1, 0.15) is 6.92 Å². The van der Waals surface area contributed by atoms with Crippen LogP contribution in [0.3, 0.4) is 0 Å². The highest BCUT2D eigenvalue weighted by Crippen LogP contribution is 2.21. The molecule has 0 spiro atoms. The lowest BCUT2D eigenvalue weighted by molar-refractivity contribution is 0.628. The third-order valence-corrected chi connectivity index (χ3v) is 2.85. The van der Waals surface area contributed by atoms with Crippen LogP contribution < -0.4 is 11.2 Å². The zero-order valence-electron chi connectivity index (χ0n) is 9.54. The van der Waals surface area contributed by atoms with Gasteiger partial charge in [-0.25, -0.2) is 9.18 Å². The van der Waals surface area contributed by atoms with E-state index in [0.29, 0.717) is 5.56 Å². The number of nitrogens with zero attached hydrogens (tertiary/aromatic N) is 1. The lowest BCUT2D eigenvalue weighted by Crippen LogP contribution is -2.35. The largest absolute Gasteiger partial charge is 0.329 e. The number of H-pyrrole nitrogens is 1. The zero-order chi connectivity index (χ0) is 13.3. The first kappa shape index (κ1) is 12.6. The van der Waals surface area contributed by atoms with Crippen molar-refractivity contribution in [3.63, 3.8) is 0 Å². The van der Waals surface area contributed by atoms with Crippen molar-refractivity contribution in [3.8, 4) is 11.1 Å². The highest BCUT2D eigenvalue weighted by atomic mass is 35.5. The summed E-state index contributed by atoms with van der Waals surface area (Å²) < 4.78 is 14.2. The van der Waals surface area contributed by atoms with Gasteiger partial charge in [-0.3, -0.25) is 14.3 Å². The van der Waals surface area contributed by atoms with Gasteiger partial charge in [-0.1, -0.05) is 23.7 Å². The van der Waals surface area contributed by atoms with Crippen LogP contribution in [0.4, 0.5) is 4.39 Å². The van der Waals surface area contributed by atoms with Crippen LogP contribution >= 0.6 is 11.6 Å². The third-order valence-electron chi connectivity index (χ3n) is 2.57. The van der Waals surface area contributed by atoms with Gasteiger partial charge in [0.15, 0.2) is 0 Å². The number of aromatic nitrogens is 2. The van der Waals surface area contributed by atoms with Gasteiger partial charge in [0.2, 0.25) is 0 Å². The molecular formula is C12H10ClFN2O2. The van der Waals surface area contributed by atoms with Crippen LogP contribution in [0.2, 0.25) is 5.15 Å². The molecule has 0 unspecified atom stereocenters. The normalized spacial score (nSPS) is 10.6. The summed E-state index contributed by atoms with van der Waals surface area (Å²) in [5, 5.41) is -0.0831. The molecule has 1 aromatic carbocycles. The summed E-state index contributed by atoms with van der Waals surface area (Å²) >= 11 is 5.86. The third kappa shape index (κ3) is 2.09. The van der Waals surface area contributed by atoms with E-state index < -0.39 is 17.1 Å². The Morgan fingerprint density at radius 3 is 2.72 bits per heavy atom. The van der Waals surface area contributed by atoms with Gasteiger partial charge in [0.1, 0.15) is 11.0 Å². The average molecular weight is 269 g/mol. The van der Waals surface area contributed by atoms with Crippen LogP contribution in [0.15, 0.2) is 33.9 Å². The number of hydrogen-bond donors (Lipinski definition) is 1. The Hall–Kier alpha value is -1.88. The van der Waals surface area contributed by atoms with E-state index in [2.05, 4.69) is 4.98 Å². The summed E-state index contributed by atoms with van der Waals surface area (Å²) in [5.41, 5.74) is -0.675. The van der Waals surface area contributed by atoms with Crippen molar-refractivity contribution in [1.82, 2.24) is 9.55 Å². The molecule has 1 aromatic heterocycles. The number of nitrogens with one attached hydrogen (secondary N) is 1. The molecule has 6 heteroatoms. The molecule has 94 valence electrons. The molecule has 18 heavy (non-hydrogen) atoms. The highest BCUT2D eigenvalue weighted by molar-refractivity contribution is 6.32. The van der Waals surface area contributed by atoms with E-state index in [0.717, 1.165) is 4.57 Å². The second-order valence-corrected chi connectivity index (χ2v) is 4.06. The van der Waals surface area contributed by atoms with Crippen molar-refractivity contribution in [2.75, 3.05) is 0 Å². The lowest BCUT2D eigenvalue weighted by Gasteiger charge is -2.07. The van der Waals surface area contributed by atoms with E-state index in [1.807, 2.05) is 0 Å². The maximum absolute atomic E-state index is 13.2. The topological polar surface area (TPSA) is 54.9 Å². The number of rotatable bonds is 2. The Morgan fingerprint density at radius 1 is 1.39 bits per heavy atom. The Labute approximate surface area is 107 Å². The second-order valence-electron chi connectivity index (χ2n) is 3.68. The van der Waals surface area contributed by atoms with Crippen molar-refractivity contribution in [2.45, 2.75) is 13.5 Å². The van der Waals surface area contributed by atoms with Crippen molar-refractivity contribution < 1.29 is 4.39 Å². The minimum Gasteiger partial charge on any atom is -0.297 e. The van der Waals surface area contributed by atoms with Gasteiger partial charge in [0.25, 0.3) is 5.56 Å². The first-order valence-electron chi connectivity index (χ1n) is 5.33. The quantitative estimate of drug-likeness (QED) is 0.847. The van der Waals surface area contributed by atoms with E-state index >= 15 is 0 Å². The summed E-state index contributed by atoms with van der Waals surface area (Å²) in [6.07, 6.45) is 0. The molecule has 1 N–H and O–H groups in total. The lowest BCUT2D eigenvalue weighted by atomic mass is 10.1. The van der Waals surface area contributed by atoms with E-state index in [1.54, 1.807) is 13.0 Å². The summed E-state index contributed by atoms with van der Waals surface area (Å²) in [4.78, 5) is 25.9. The van der Waals surface area contributed by atoms with Crippen molar-refractivity contribution in [1.29, 1.82) is 0 Å². The number of halogens is 2. The molecule has 0 fully saturated rings. The van der Waals surface area contributed by atoms with Crippen molar-refractivity contribution >= 4 is 11.6 Å². The molecule has 0 amide bonds. The summed E-state index contributed by atoms with van der Waals surface area (Å²) in [6.45, 7) is 1.88. The monoisotopic (exact) mass is 268 g/mol. The van der Waals surface area contributed by atoms with Gasteiger partial charge in [0, 0.05) is 6.54 Å². The Balaban J connectivity index is 2.80. The highest BCUT2D eigenvalue weighted by Gasteiger charge is 2.14. The first-order chi connectivity index (χ1) is 8.54. The molecule has 0 bridgehead atoms. The fraction of sp³-hybridized carbons (Fsp3) is 0.167. The first-order valence-corrected chi connectivity index (χ1v) is 5.71. The molecule has 0 aliphatic heterocycles. The maximum atomic E-state index is 13.2. The minimum absolute atomic E-state index is 0.0831.